The number of fused-ring (bicyclic) bond motifs is 1. The average molecular weight is 199 g/mol. The Balaban J connectivity index is 2.56. The molecule has 0 spiro atoms. The molecule has 0 aliphatic rings. The molecule has 0 fully saturated rings. The summed E-state index contributed by atoms with van der Waals surface area (Å²) in [4.78, 5) is 16.1. The molecular weight excluding hydrogens is 186 g/mol. The largest absolute Gasteiger partial charge is 0.294 e. The van der Waals surface area contributed by atoms with Crippen molar-refractivity contribution in [2.45, 2.75) is 19.8 Å². The molecule has 2 nitrogen and oxygen atoms in total. The van der Waals surface area contributed by atoms with Gasteiger partial charge in [-0.15, -0.1) is 0 Å². The van der Waals surface area contributed by atoms with Gasteiger partial charge in [-0.3, -0.25) is 9.78 Å². The van der Waals surface area contributed by atoms with E-state index in [-0.39, 0.29) is 5.78 Å². The van der Waals surface area contributed by atoms with Crippen LogP contribution in [0.25, 0.3) is 10.9 Å². The van der Waals surface area contributed by atoms with E-state index < -0.39 is 0 Å². The summed E-state index contributed by atoms with van der Waals surface area (Å²) in [5.41, 5.74) is 1.56. The fraction of sp³-hybridized carbons (Fsp3) is 0.231. The lowest BCUT2D eigenvalue weighted by atomic mass is 10.0. The molecule has 0 saturated carbocycles. The van der Waals surface area contributed by atoms with E-state index >= 15 is 0 Å². The van der Waals surface area contributed by atoms with Crippen molar-refractivity contribution in [1.82, 2.24) is 4.98 Å². The lowest BCUT2D eigenvalue weighted by molar-refractivity contribution is 0.0983. The standard InChI is InChI=1S/C13H13NO/c1-2-5-12(15)11-8-3-6-10-7-4-9-14-13(10)11/h3-4,6-9H,2,5H2,1H3. The monoisotopic (exact) mass is 199 g/mol. The molecule has 0 unspecified atom stereocenters. The van der Waals surface area contributed by atoms with Crippen LogP contribution >= 0.6 is 0 Å². The number of hydrogen-bond donors (Lipinski definition) is 0. The van der Waals surface area contributed by atoms with Crippen LogP contribution in [0.2, 0.25) is 0 Å². The fourth-order valence-corrected chi connectivity index (χ4v) is 1.69. The second kappa shape index (κ2) is 4.22. The van der Waals surface area contributed by atoms with E-state index in [1.807, 2.05) is 37.3 Å². The summed E-state index contributed by atoms with van der Waals surface area (Å²) in [6, 6.07) is 9.60. The van der Waals surface area contributed by atoms with Gasteiger partial charge in [0, 0.05) is 23.6 Å². The normalized spacial score (nSPS) is 10.5. The van der Waals surface area contributed by atoms with Crippen LogP contribution in [0, 0.1) is 0 Å². The fourth-order valence-electron chi connectivity index (χ4n) is 1.69. The lowest BCUT2D eigenvalue weighted by Crippen LogP contribution is -1.99. The zero-order chi connectivity index (χ0) is 10.7. The molecule has 76 valence electrons. The molecule has 0 N–H and O–H groups in total. The van der Waals surface area contributed by atoms with Crippen molar-refractivity contribution in [3.05, 3.63) is 42.1 Å². The van der Waals surface area contributed by atoms with Crippen LogP contribution < -0.4 is 0 Å². The first-order valence-electron chi connectivity index (χ1n) is 5.20. The Morgan fingerprint density at radius 1 is 1.27 bits per heavy atom. The van der Waals surface area contributed by atoms with Crippen LogP contribution in [0.3, 0.4) is 0 Å². The number of pyridine rings is 1. The molecule has 15 heavy (non-hydrogen) atoms. The summed E-state index contributed by atoms with van der Waals surface area (Å²) in [5, 5.41) is 1.03. The summed E-state index contributed by atoms with van der Waals surface area (Å²) in [5.74, 6) is 0.182. The first-order chi connectivity index (χ1) is 7.33. The van der Waals surface area contributed by atoms with Crippen LogP contribution in [-0.2, 0) is 0 Å². The summed E-state index contributed by atoms with van der Waals surface area (Å²) in [6.45, 7) is 2.01. The van der Waals surface area contributed by atoms with Crippen molar-refractivity contribution < 1.29 is 4.79 Å². The SMILES string of the molecule is CCCC(=O)c1cccc2cccnc12. The van der Waals surface area contributed by atoms with Crippen LogP contribution in [0.1, 0.15) is 30.1 Å². The van der Waals surface area contributed by atoms with Gasteiger partial charge in [0.05, 0.1) is 5.52 Å². The van der Waals surface area contributed by atoms with Crippen molar-refractivity contribution in [2.75, 3.05) is 0 Å². The second-order valence-electron chi connectivity index (χ2n) is 3.55. The maximum Gasteiger partial charge on any atom is 0.165 e. The number of ketones is 1. The summed E-state index contributed by atoms with van der Waals surface area (Å²) >= 11 is 0. The van der Waals surface area contributed by atoms with Gasteiger partial charge in [-0.1, -0.05) is 25.1 Å². The second-order valence-corrected chi connectivity index (χ2v) is 3.55. The van der Waals surface area contributed by atoms with E-state index in [0.29, 0.717) is 6.42 Å². The molecule has 2 heteroatoms. The highest BCUT2D eigenvalue weighted by Crippen LogP contribution is 2.17. The Morgan fingerprint density at radius 3 is 2.87 bits per heavy atom. The molecular formula is C13H13NO. The molecule has 0 saturated heterocycles. The predicted octanol–water partition coefficient (Wildman–Crippen LogP) is 3.22. The van der Waals surface area contributed by atoms with Gasteiger partial charge >= 0.3 is 0 Å². The summed E-state index contributed by atoms with van der Waals surface area (Å²) in [7, 11) is 0. The number of para-hydroxylation sites is 1. The first-order valence-corrected chi connectivity index (χ1v) is 5.20. The van der Waals surface area contributed by atoms with E-state index in [1.165, 1.54) is 0 Å². The third-order valence-electron chi connectivity index (χ3n) is 2.41. The Labute approximate surface area is 89.0 Å². The maximum atomic E-state index is 11.8. The highest BCUT2D eigenvalue weighted by atomic mass is 16.1. The minimum atomic E-state index is 0.182. The Hall–Kier alpha value is -1.70. The topological polar surface area (TPSA) is 30.0 Å². The molecule has 0 radical (unpaired) electrons. The van der Waals surface area contributed by atoms with Crippen molar-refractivity contribution in [1.29, 1.82) is 0 Å². The summed E-state index contributed by atoms with van der Waals surface area (Å²) < 4.78 is 0. The number of benzene rings is 1. The maximum absolute atomic E-state index is 11.8. The smallest absolute Gasteiger partial charge is 0.165 e. The molecule has 1 aromatic heterocycles. The number of Topliss-reactive ketones (excluding diaryl/α,β-unsaturated/α-hetero) is 1. The Kier molecular flexibility index (Phi) is 2.77. The third kappa shape index (κ3) is 1.89. The van der Waals surface area contributed by atoms with Crippen LogP contribution in [-0.4, -0.2) is 10.8 Å². The number of rotatable bonds is 3. The number of hydrogen-bond acceptors (Lipinski definition) is 2. The Morgan fingerprint density at radius 2 is 2.07 bits per heavy atom. The summed E-state index contributed by atoms with van der Waals surface area (Å²) in [6.07, 6.45) is 3.20. The van der Waals surface area contributed by atoms with E-state index in [0.717, 1.165) is 22.9 Å². The highest BCUT2D eigenvalue weighted by molar-refractivity contribution is 6.06. The molecule has 2 rings (SSSR count). The number of carbonyl (C=O) groups excluding carboxylic acids is 1. The van der Waals surface area contributed by atoms with E-state index in [1.54, 1.807) is 6.20 Å². The molecule has 2 aromatic rings. The molecule has 0 aliphatic carbocycles. The Bertz CT molecular complexity index is 485. The van der Waals surface area contributed by atoms with E-state index in [4.69, 9.17) is 0 Å². The van der Waals surface area contributed by atoms with E-state index in [2.05, 4.69) is 4.98 Å². The van der Waals surface area contributed by atoms with Crippen molar-refractivity contribution in [3.63, 3.8) is 0 Å². The van der Waals surface area contributed by atoms with Crippen LogP contribution in [0.4, 0.5) is 0 Å². The van der Waals surface area contributed by atoms with Crippen LogP contribution in [0.5, 0.6) is 0 Å². The van der Waals surface area contributed by atoms with Gasteiger partial charge in [0.1, 0.15) is 0 Å². The van der Waals surface area contributed by atoms with Crippen molar-refractivity contribution in [2.24, 2.45) is 0 Å². The molecule has 0 atom stereocenters. The molecule has 0 amide bonds. The molecule has 0 aliphatic heterocycles. The van der Waals surface area contributed by atoms with Gasteiger partial charge in [0.15, 0.2) is 5.78 Å². The first kappa shape index (κ1) is 9.84. The third-order valence-corrected chi connectivity index (χ3v) is 2.41. The highest BCUT2D eigenvalue weighted by Gasteiger charge is 2.08. The predicted molar refractivity (Wildman–Crippen MR) is 61.0 cm³/mol. The minimum absolute atomic E-state index is 0.182. The number of aromatic nitrogens is 1. The molecule has 1 aromatic carbocycles. The number of carbonyl (C=O) groups is 1. The lowest BCUT2D eigenvalue weighted by Gasteiger charge is -2.03. The van der Waals surface area contributed by atoms with E-state index in [9.17, 15) is 4.79 Å². The zero-order valence-corrected chi connectivity index (χ0v) is 8.73. The van der Waals surface area contributed by atoms with Crippen molar-refractivity contribution >= 4 is 16.7 Å². The van der Waals surface area contributed by atoms with Gasteiger partial charge in [-0.2, -0.15) is 0 Å². The number of nitrogens with zero attached hydrogens (tertiary/aromatic N) is 1. The average Bonchev–Trinajstić information content (AvgIpc) is 2.28. The van der Waals surface area contributed by atoms with Gasteiger partial charge < -0.3 is 0 Å². The zero-order valence-electron chi connectivity index (χ0n) is 8.73. The van der Waals surface area contributed by atoms with Gasteiger partial charge in [-0.05, 0) is 18.6 Å². The molecule has 1 heterocycles. The van der Waals surface area contributed by atoms with Gasteiger partial charge in [0.25, 0.3) is 0 Å². The van der Waals surface area contributed by atoms with Gasteiger partial charge in [-0.25, -0.2) is 0 Å². The minimum Gasteiger partial charge on any atom is -0.294 e. The van der Waals surface area contributed by atoms with Crippen LogP contribution in [0.15, 0.2) is 36.5 Å². The van der Waals surface area contributed by atoms with Gasteiger partial charge in [0.2, 0.25) is 0 Å². The quantitative estimate of drug-likeness (QED) is 0.710. The van der Waals surface area contributed by atoms with Crippen molar-refractivity contribution in [3.8, 4) is 0 Å². The molecule has 0 bridgehead atoms.